The number of hydrogen-bond acceptors (Lipinski definition) is 7. The van der Waals surface area contributed by atoms with Crippen LogP contribution in [-0.4, -0.2) is 60.5 Å². The van der Waals surface area contributed by atoms with Crippen molar-refractivity contribution in [2.45, 2.75) is 18.4 Å². The van der Waals surface area contributed by atoms with E-state index in [1.807, 2.05) is 29.2 Å². The first-order chi connectivity index (χ1) is 15.2. The maximum absolute atomic E-state index is 12.6. The Balaban J connectivity index is 1.54. The van der Waals surface area contributed by atoms with Crippen LogP contribution in [-0.2, 0) is 31.2 Å². The Morgan fingerprint density at radius 3 is 2.34 bits per heavy atom. The minimum Gasteiger partial charge on any atom is -0.493 e. The molecule has 0 bridgehead atoms. The van der Waals surface area contributed by atoms with Crippen LogP contribution in [0.2, 0.25) is 0 Å². The van der Waals surface area contributed by atoms with Gasteiger partial charge in [-0.25, -0.2) is 21.6 Å². The average molecular weight is 482 g/mol. The highest BCUT2D eigenvalue weighted by Gasteiger charge is 2.17. The fourth-order valence-electron chi connectivity index (χ4n) is 3.09. The molecule has 0 aromatic heterocycles. The van der Waals surface area contributed by atoms with Crippen LogP contribution in [0.3, 0.4) is 0 Å². The number of piperazine rings is 1. The third-order valence-corrected chi connectivity index (χ3v) is 8.13. The lowest BCUT2D eigenvalue weighted by Gasteiger charge is -2.28. The largest absolute Gasteiger partial charge is 0.493 e. The molecule has 0 saturated carbocycles. The quantitative estimate of drug-likeness (QED) is 0.517. The predicted octanol–water partition coefficient (Wildman–Crippen LogP) is 0.915. The highest BCUT2D eigenvalue weighted by molar-refractivity contribution is 7.91. The number of nitrogens with one attached hydrogen (secondary N) is 2. The van der Waals surface area contributed by atoms with Crippen LogP contribution in [0.15, 0.2) is 53.4 Å². The van der Waals surface area contributed by atoms with Gasteiger partial charge in [0.2, 0.25) is 15.9 Å². The van der Waals surface area contributed by atoms with Crippen molar-refractivity contribution in [2.75, 3.05) is 42.6 Å². The number of rotatable bonds is 10. The van der Waals surface area contributed by atoms with Gasteiger partial charge in [-0.15, -0.1) is 0 Å². The summed E-state index contributed by atoms with van der Waals surface area (Å²) in [6.45, 7) is 3.34. The number of anilines is 1. The molecule has 3 rings (SSSR count). The molecule has 1 saturated heterocycles. The number of nitrogens with zero attached hydrogens (tertiary/aromatic N) is 1. The van der Waals surface area contributed by atoms with Crippen LogP contribution in [0.25, 0.3) is 0 Å². The Morgan fingerprint density at radius 2 is 1.72 bits per heavy atom. The monoisotopic (exact) mass is 481 g/mol. The molecule has 0 atom stereocenters. The molecule has 1 heterocycles. The Labute approximate surface area is 188 Å². The van der Waals surface area contributed by atoms with Crippen molar-refractivity contribution in [3.8, 4) is 5.75 Å². The third kappa shape index (κ3) is 6.68. The summed E-state index contributed by atoms with van der Waals surface area (Å²) in [4.78, 5) is 13.6. The summed E-state index contributed by atoms with van der Waals surface area (Å²) in [6.07, 6.45) is 0. The van der Waals surface area contributed by atoms with Crippen molar-refractivity contribution >= 4 is 31.5 Å². The van der Waals surface area contributed by atoms with Gasteiger partial charge < -0.3 is 15.0 Å². The molecule has 2 N–H and O–H groups in total. The molecular weight excluding hydrogens is 454 g/mol. The van der Waals surface area contributed by atoms with Gasteiger partial charge in [-0.3, -0.25) is 4.79 Å². The van der Waals surface area contributed by atoms with Gasteiger partial charge in [0, 0.05) is 31.1 Å². The molecule has 0 aliphatic carbocycles. The van der Waals surface area contributed by atoms with Gasteiger partial charge in [0.15, 0.2) is 9.84 Å². The maximum Gasteiger partial charge on any atom is 0.240 e. The molecule has 9 nitrogen and oxygen atoms in total. The van der Waals surface area contributed by atoms with E-state index < -0.39 is 19.9 Å². The molecule has 0 spiro atoms. The summed E-state index contributed by atoms with van der Waals surface area (Å²) in [5.74, 6) is 0.347. The van der Waals surface area contributed by atoms with Crippen LogP contribution in [0.1, 0.15) is 12.5 Å². The van der Waals surface area contributed by atoms with Crippen LogP contribution in [0.5, 0.6) is 5.75 Å². The van der Waals surface area contributed by atoms with Gasteiger partial charge in [-0.1, -0.05) is 19.1 Å². The Morgan fingerprint density at radius 1 is 1.03 bits per heavy atom. The number of sulfonamides is 1. The number of ether oxygens (including phenoxy) is 1. The van der Waals surface area contributed by atoms with E-state index in [0.717, 1.165) is 17.8 Å². The first-order valence-corrected chi connectivity index (χ1v) is 13.5. The molecule has 0 unspecified atom stereocenters. The van der Waals surface area contributed by atoms with Crippen molar-refractivity contribution in [1.29, 1.82) is 0 Å². The topological polar surface area (TPSA) is 122 Å². The molecule has 2 aromatic rings. The number of carbonyl (C=O) groups excluding carboxylic acids is 1. The van der Waals surface area contributed by atoms with Crippen molar-refractivity contribution in [2.24, 2.45) is 0 Å². The Bertz CT molecular complexity index is 1130. The zero-order chi connectivity index (χ0) is 23.2. The zero-order valence-electron chi connectivity index (χ0n) is 17.8. The van der Waals surface area contributed by atoms with E-state index in [1.165, 1.54) is 24.3 Å². The van der Waals surface area contributed by atoms with Crippen LogP contribution < -0.4 is 19.7 Å². The summed E-state index contributed by atoms with van der Waals surface area (Å²) >= 11 is 0. The predicted molar refractivity (Wildman–Crippen MR) is 122 cm³/mol. The average Bonchev–Trinajstić information content (AvgIpc) is 2.78. The molecule has 174 valence electrons. The van der Waals surface area contributed by atoms with E-state index in [9.17, 15) is 21.6 Å². The number of amides is 1. The molecule has 2 aromatic carbocycles. The standard InChI is InChI=1S/C21H27N3O6S2/c1-2-31(26,27)14-13-30-19-7-9-20(10-8-19)32(28,29)23-15-17-3-5-18(6-4-17)24-12-11-22-21(25)16-24/h3-10,23H,2,11-16H2,1H3,(H,22,25). The van der Waals surface area contributed by atoms with Crippen molar-refractivity contribution in [3.63, 3.8) is 0 Å². The van der Waals surface area contributed by atoms with E-state index in [4.69, 9.17) is 4.74 Å². The summed E-state index contributed by atoms with van der Waals surface area (Å²) < 4.78 is 56.1. The second-order valence-corrected chi connectivity index (χ2v) is 11.6. The lowest BCUT2D eigenvalue weighted by atomic mass is 10.2. The van der Waals surface area contributed by atoms with Gasteiger partial charge in [0.1, 0.15) is 12.4 Å². The smallest absolute Gasteiger partial charge is 0.240 e. The highest BCUT2D eigenvalue weighted by atomic mass is 32.2. The minimum absolute atomic E-state index is 0.0125. The second kappa shape index (κ2) is 10.3. The maximum atomic E-state index is 12.6. The third-order valence-electron chi connectivity index (χ3n) is 5.04. The number of carbonyl (C=O) groups is 1. The van der Waals surface area contributed by atoms with E-state index in [2.05, 4.69) is 10.0 Å². The molecule has 1 fully saturated rings. The van der Waals surface area contributed by atoms with Gasteiger partial charge in [-0.2, -0.15) is 0 Å². The Kier molecular flexibility index (Phi) is 7.75. The molecule has 1 amide bonds. The normalized spacial score (nSPS) is 14.8. The highest BCUT2D eigenvalue weighted by Crippen LogP contribution is 2.18. The molecule has 1 aliphatic rings. The van der Waals surface area contributed by atoms with Gasteiger partial charge >= 0.3 is 0 Å². The summed E-state index contributed by atoms with van der Waals surface area (Å²) in [6, 6.07) is 13.2. The SMILES string of the molecule is CCS(=O)(=O)CCOc1ccc(S(=O)(=O)NCc2ccc(N3CCNC(=O)C3)cc2)cc1. The molecule has 32 heavy (non-hydrogen) atoms. The van der Waals surface area contributed by atoms with E-state index >= 15 is 0 Å². The number of hydrogen-bond donors (Lipinski definition) is 2. The van der Waals surface area contributed by atoms with Crippen molar-refractivity contribution in [1.82, 2.24) is 10.0 Å². The van der Waals surface area contributed by atoms with Gasteiger partial charge in [0.05, 0.1) is 17.2 Å². The van der Waals surface area contributed by atoms with Crippen LogP contribution in [0, 0.1) is 0 Å². The van der Waals surface area contributed by atoms with Gasteiger partial charge in [-0.05, 0) is 42.0 Å². The molecule has 0 radical (unpaired) electrons. The van der Waals surface area contributed by atoms with Crippen molar-refractivity contribution < 1.29 is 26.4 Å². The van der Waals surface area contributed by atoms with E-state index in [1.54, 1.807) is 6.92 Å². The summed E-state index contributed by atoms with van der Waals surface area (Å²) in [7, 11) is -6.84. The lowest BCUT2D eigenvalue weighted by molar-refractivity contribution is -0.120. The zero-order valence-corrected chi connectivity index (χ0v) is 19.4. The first kappa shape index (κ1) is 24.0. The second-order valence-electron chi connectivity index (χ2n) is 7.32. The summed E-state index contributed by atoms with van der Waals surface area (Å²) in [5.41, 5.74) is 1.70. The van der Waals surface area contributed by atoms with E-state index in [-0.39, 0.29) is 35.5 Å². The number of sulfone groups is 1. The first-order valence-electron chi connectivity index (χ1n) is 10.2. The van der Waals surface area contributed by atoms with E-state index in [0.29, 0.717) is 18.8 Å². The minimum atomic E-state index is -3.73. The van der Waals surface area contributed by atoms with Crippen molar-refractivity contribution in [3.05, 3.63) is 54.1 Å². The fraction of sp³-hybridized carbons (Fsp3) is 0.381. The van der Waals surface area contributed by atoms with Gasteiger partial charge in [0.25, 0.3) is 0 Å². The fourth-order valence-corrected chi connectivity index (χ4v) is 4.73. The Hall–Kier alpha value is -2.63. The molecule has 1 aliphatic heterocycles. The van der Waals surface area contributed by atoms with Crippen LogP contribution in [0.4, 0.5) is 5.69 Å². The number of benzene rings is 2. The summed E-state index contributed by atoms with van der Waals surface area (Å²) in [5, 5.41) is 2.78. The lowest BCUT2D eigenvalue weighted by Crippen LogP contribution is -2.47. The van der Waals surface area contributed by atoms with Crippen LogP contribution >= 0.6 is 0 Å². The molecular formula is C21H27N3O6S2. The molecule has 11 heteroatoms.